The van der Waals surface area contributed by atoms with Gasteiger partial charge in [-0.2, -0.15) is 0 Å². The lowest BCUT2D eigenvalue weighted by Crippen LogP contribution is -2.66. The molecule has 0 saturated carbocycles. The molecule has 0 N–H and O–H groups in total. The van der Waals surface area contributed by atoms with Gasteiger partial charge < -0.3 is 9.80 Å². The van der Waals surface area contributed by atoms with Gasteiger partial charge in [0.25, 0.3) is 6.71 Å². The van der Waals surface area contributed by atoms with Gasteiger partial charge >= 0.3 is 0 Å². The average Bonchev–Trinajstić information content (AvgIpc) is 3.31. The van der Waals surface area contributed by atoms with Crippen molar-refractivity contribution in [2.75, 3.05) is 9.80 Å². The van der Waals surface area contributed by atoms with Gasteiger partial charge in [0.2, 0.25) is 6.71 Å². The van der Waals surface area contributed by atoms with Gasteiger partial charge in [-0.3, -0.25) is 0 Å². The van der Waals surface area contributed by atoms with E-state index in [4.69, 9.17) is 0 Å². The first-order valence-electron chi connectivity index (χ1n) is 22.3. The number of benzene rings is 8. The molecule has 8 aromatic carbocycles. The van der Waals surface area contributed by atoms with Crippen LogP contribution in [0.5, 0.6) is 0 Å². The molecule has 0 radical (unpaired) electrons. The zero-order chi connectivity index (χ0) is 44.0. The van der Waals surface area contributed by atoms with Crippen LogP contribution in [0.25, 0.3) is 33.4 Å². The highest BCUT2D eigenvalue weighted by atomic mass is 32.2. The zero-order valence-corrected chi connectivity index (χ0v) is 37.5. The normalized spacial score (nSPS) is 13.8. The smallest absolute Gasteiger partial charge is 0.252 e. The van der Waals surface area contributed by atoms with E-state index in [1.54, 1.807) is 11.8 Å². The van der Waals surface area contributed by atoms with Crippen molar-refractivity contribution < 1.29 is 8.78 Å². The maximum absolute atomic E-state index is 17.2. The maximum atomic E-state index is 17.2. The summed E-state index contributed by atoms with van der Waals surface area (Å²) in [4.78, 5) is 6.71. The van der Waals surface area contributed by atoms with Gasteiger partial charge in [-0.15, -0.1) is 12.6 Å². The molecule has 1 atom stereocenters. The number of halogens is 2. The molecular formula is C57H46B2F2N2S. The summed E-state index contributed by atoms with van der Waals surface area (Å²) < 4.78 is 34.3. The number of anilines is 5. The quantitative estimate of drug-likeness (QED) is 0.148. The summed E-state index contributed by atoms with van der Waals surface area (Å²) in [7, 11) is 0. The summed E-state index contributed by atoms with van der Waals surface area (Å²) in [5, 5.41) is 0. The highest BCUT2D eigenvalue weighted by Gasteiger charge is 2.50. The fraction of sp³-hybridized carbons (Fsp3) is 0.123. The van der Waals surface area contributed by atoms with Gasteiger partial charge in [0.05, 0.1) is 5.69 Å². The Labute approximate surface area is 380 Å². The molecule has 0 aliphatic carbocycles. The molecule has 0 bridgehead atoms. The molecule has 2 nitrogen and oxygen atoms in total. The van der Waals surface area contributed by atoms with E-state index in [0.717, 1.165) is 88.0 Å². The van der Waals surface area contributed by atoms with Crippen molar-refractivity contribution in [1.82, 2.24) is 0 Å². The van der Waals surface area contributed by atoms with Crippen LogP contribution in [-0.4, -0.2) is 19.5 Å². The van der Waals surface area contributed by atoms with Crippen molar-refractivity contribution >= 4 is 80.9 Å². The molecule has 3 heterocycles. The second-order valence-corrected chi connectivity index (χ2v) is 18.9. The maximum Gasteiger partial charge on any atom is 0.252 e. The van der Waals surface area contributed by atoms with E-state index in [-0.39, 0.29) is 31.1 Å². The lowest BCUT2D eigenvalue weighted by atomic mass is 9.31. The zero-order valence-electron chi connectivity index (χ0n) is 36.7. The first-order valence-corrected chi connectivity index (χ1v) is 23.1. The van der Waals surface area contributed by atoms with Gasteiger partial charge in [-0.25, -0.2) is 8.78 Å². The van der Waals surface area contributed by atoms with Crippen LogP contribution in [0.2, 0.25) is 0 Å². The van der Waals surface area contributed by atoms with Crippen LogP contribution in [-0.2, 0) is 0 Å². The first-order chi connectivity index (χ1) is 31.2. The van der Waals surface area contributed by atoms with Crippen molar-refractivity contribution in [1.29, 1.82) is 0 Å². The van der Waals surface area contributed by atoms with Crippen LogP contribution in [0.3, 0.4) is 0 Å². The Kier molecular flexibility index (Phi) is 9.81. The molecule has 310 valence electrons. The Balaban J connectivity index is 1.44. The molecule has 0 saturated heterocycles. The first kappa shape index (κ1) is 40.2. The molecule has 0 aromatic heterocycles. The Hall–Kier alpha value is -6.56. The average molecular weight is 851 g/mol. The highest BCUT2D eigenvalue weighted by molar-refractivity contribution is 8.00. The monoisotopic (exact) mass is 850 g/mol. The van der Waals surface area contributed by atoms with Gasteiger partial charge in [0.15, 0.2) is 0 Å². The number of para-hydroxylation sites is 1. The Morgan fingerprint density at radius 2 is 1.12 bits per heavy atom. The van der Waals surface area contributed by atoms with Crippen molar-refractivity contribution in [3.05, 3.63) is 193 Å². The standard InChI is InChI=1S/C57H46B2F2N2S/c1-7-58-42-24-14-15-27-49(42)64-57-51(50-40(38-18-10-8-11-19-38)22-16-23-41(50)39-20-12-9-13-21-39)55-52-56(53(57)58)62(37(6)34(2)3)47-30-28-35(4)32-43(47)59(52)44-33-36(5)29-31-48(44)63(55)54-45(60)25-17-26-46(54)61/h7-34,37H,1H2,2-6H3. The molecule has 3 aliphatic heterocycles. The van der Waals surface area contributed by atoms with Crippen LogP contribution >= 0.6 is 11.8 Å². The summed E-state index contributed by atoms with van der Waals surface area (Å²) in [6.45, 7) is 15.3. The number of fused-ring (bicyclic) bond motifs is 7. The van der Waals surface area contributed by atoms with E-state index < -0.39 is 11.6 Å². The summed E-state index contributed by atoms with van der Waals surface area (Å²) in [5.41, 5.74) is 17.7. The predicted octanol–water partition coefficient (Wildman–Crippen LogP) is 12.2. The van der Waals surface area contributed by atoms with Gasteiger partial charge in [0, 0.05) is 44.0 Å². The van der Waals surface area contributed by atoms with Crippen LogP contribution in [0.4, 0.5) is 37.2 Å². The van der Waals surface area contributed by atoms with Gasteiger partial charge in [-0.05, 0) is 101 Å². The van der Waals surface area contributed by atoms with Crippen molar-refractivity contribution in [2.24, 2.45) is 5.92 Å². The second-order valence-electron chi connectivity index (χ2n) is 17.9. The molecule has 0 amide bonds. The predicted molar refractivity (Wildman–Crippen MR) is 270 cm³/mol. The van der Waals surface area contributed by atoms with Gasteiger partial charge in [0.1, 0.15) is 17.3 Å². The van der Waals surface area contributed by atoms with Crippen molar-refractivity contribution in [3.63, 3.8) is 0 Å². The lowest BCUT2D eigenvalue weighted by Gasteiger charge is -2.50. The number of rotatable bonds is 7. The third-order valence-electron chi connectivity index (χ3n) is 13.7. The Bertz CT molecular complexity index is 3110. The number of aryl methyl sites for hydroxylation is 2. The molecule has 3 aliphatic rings. The van der Waals surface area contributed by atoms with Crippen LogP contribution < -0.4 is 37.1 Å². The minimum Gasteiger partial charge on any atom is -0.340 e. The number of hydrogen-bond donors (Lipinski definition) is 0. The molecular weight excluding hydrogens is 804 g/mol. The summed E-state index contributed by atoms with van der Waals surface area (Å²) >= 11 is 1.77. The SMILES string of the molecule is C=CB1c2ccccc2Sc2c1c1c3c(c2-c2c(-c4ccccc4)cccc2-c2ccccc2)N(c2c(F)cccc2F)c2ccc(C)cc2B3c2cc(C)ccc2N1C(C)C(C)C. The van der Waals surface area contributed by atoms with E-state index in [1.165, 1.54) is 34.6 Å². The molecule has 0 spiro atoms. The molecule has 0 fully saturated rings. The summed E-state index contributed by atoms with van der Waals surface area (Å²) in [6, 6.07) is 53.9. The highest BCUT2D eigenvalue weighted by Crippen LogP contribution is 2.55. The third-order valence-corrected chi connectivity index (χ3v) is 15.0. The Morgan fingerprint density at radius 3 is 1.73 bits per heavy atom. The van der Waals surface area contributed by atoms with E-state index in [2.05, 4.69) is 179 Å². The van der Waals surface area contributed by atoms with Crippen molar-refractivity contribution in [2.45, 2.75) is 50.5 Å². The van der Waals surface area contributed by atoms with Crippen LogP contribution in [0, 0.1) is 31.4 Å². The molecule has 64 heavy (non-hydrogen) atoms. The minimum absolute atomic E-state index is 0.0446. The molecule has 11 rings (SSSR count). The largest absolute Gasteiger partial charge is 0.340 e. The number of hydrogen-bond acceptors (Lipinski definition) is 3. The second kappa shape index (κ2) is 15.6. The summed E-state index contributed by atoms with van der Waals surface area (Å²) in [6.07, 6.45) is 0. The van der Waals surface area contributed by atoms with E-state index in [9.17, 15) is 0 Å². The van der Waals surface area contributed by atoms with E-state index >= 15 is 8.78 Å². The van der Waals surface area contributed by atoms with Gasteiger partial charge in [-0.1, -0.05) is 170 Å². The number of nitrogens with zero attached hydrogens (tertiary/aromatic N) is 2. The summed E-state index contributed by atoms with van der Waals surface area (Å²) in [5.74, 6) is 1.12. The minimum atomic E-state index is -0.622. The van der Waals surface area contributed by atoms with Crippen LogP contribution in [0.1, 0.15) is 31.9 Å². The molecule has 1 unspecified atom stereocenters. The molecule has 8 aromatic rings. The van der Waals surface area contributed by atoms with Crippen LogP contribution in [0.15, 0.2) is 180 Å². The topological polar surface area (TPSA) is 6.48 Å². The molecule has 7 heteroatoms. The fourth-order valence-corrected chi connectivity index (χ4v) is 11.9. The fourth-order valence-electron chi connectivity index (χ4n) is 10.6. The van der Waals surface area contributed by atoms with Crippen molar-refractivity contribution in [3.8, 4) is 33.4 Å². The van der Waals surface area contributed by atoms with E-state index in [1.807, 2.05) is 17.0 Å². The third kappa shape index (κ3) is 6.08. The lowest BCUT2D eigenvalue weighted by molar-refractivity contribution is 0.519. The van der Waals surface area contributed by atoms with E-state index in [0.29, 0.717) is 0 Å². The Morgan fingerprint density at radius 1 is 0.562 bits per heavy atom.